The molecule has 0 saturated carbocycles. The molecule has 20 heavy (non-hydrogen) atoms. The smallest absolute Gasteiger partial charge is 0.219 e. The number of hydrogen-bond donors (Lipinski definition) is 1. The summed E-state index contributed by atoms with van der Waals surface area (Å²) in [5.41, 5.74) is 1.01. The summed E-state index contributed by atoms with van der Waals surface area (Å²) >= 11 is 0. The van der Waals surface area contributed by atoms with Crippen molar-refractivity contribution in [1.29, 1.82) is 0 Å². The average molecular weight is 271 g/mol. The van der Waals surface area contributed by atoms with Crippen molar-refractivity contribution in [2.45, 2.75) is 32.8 Å². The molecule has 0 unspecified atom stereocenters. The van der Waals surface area contributed by atoms with Gasteiger partial charge < -0.3 is 10.1 Å². The predicted molar refractivity (Wildman–Crippen MR) is 81.1 cm³/mol. The fourth-order valence-corrected chi connectivity index (χ4v) is 1.69. The number of aromatic nitrogens is 2. The van der Waals surface area contributed by atoms with E-state index in [2.05, 4.69) is 36.1 Å². The van der Waals surface area contributed by atoms with Gasteiger partial charge in [0.15, 0.2) is 0 Å². The van der Waals surface area contributed by atoms with E-state index in [1.807, 2.05) is 43.4 Å². The van der Waals surface area contributed by atoms with Gasteiger partial charge in [0.2, 0.25) is 5.88 Å². The molecule has 2 rings (SSSR count). The first-order valence-electron chi connectivity index (χ1n) is 6.73. The SMILES string of the molecule is CNc1cc(OCc2ccccc2)nc(C(C)(C)C)n1. The maximum Gasteiger partial charge on any atom is 0.219 e. The van der Waals surface area contributed by atoms with Crippen LogP contribution in [-0.2, 0) is 12.0 Å². The molecule has 106 valence electrons. The van der Waals surface area contributed by atoms with E-state index in [1.165, 1.54) is 0 Å². The van der Waals surface area contributed by atoms with E-state index in [9.17, 15) is 0 Å². The Bertz CT molecular complexity index is 562. The summed E-state index contributed by atoms with van der Waals surface area (Å²) in [7, 11) is 1.84. The van der Waals surface area contributed by atoms with Crippen molar-refractivity contribution in [3.8, 4) is 5.88 Å². The highest BCUT2D eigenvalue weighted by Crippen LogP contribution is 2.23. The first kappa shape index (κ1) is 14.3. The van der Waals surface area contributed by atoms with E-state index in [4.69, 9.17) is 4.74 Å². The van der Waals surface area contributed by atoms with Crippen LogP contribution in [-0.4, -0.2) is 17.0 Å². The van der Waals surface area contributed by atoms with Crippen LogP contribution < -0.4 is 10.1 Å². The Kier molecular flexibility index (Phi) is 4.23. The van der Waals surface area contributed by atoms with Gasteiger partial charge in [-0.15, -0.1) is 0 Å². The van der Waals surface area contributed by atoms with Crippen LogP contribution in [0.25, 0.3) is 0 Å². The molecule has 0 atom stereocenters. The van der Waals surface area contributed by atoms with E-state index in [0.29, 0.717) is 12.5 Å². The van der Waals surface area contributed by atoms with Gasteiger partial charge in [0.25, 0.3) is 0 Å². The monoisotopic (exact) mass is 271 g/mol. The molecule has 0 radical (unpaired) electrons. The van der Waals surface area contributed by atoms with Crippen molar-refractivity contribution >= 4 is 5.82 Å². The third-order valence-corrected chi connectivity index (χ3v) is 2.86. The minimum absolute atomic E-state index is 0.113. The summed E-state index contributed by atoms with van der Waals surface area (Å²) < 4.78 is 5.78. The van der Waals surface area contributed by atoms with Gasteiger partial charge in [-0.05, 0) is 5.56 Å². The van der Waals surface area contributed by atoms with E-state index in [0.717, 1.165) is 17.2 Å². The third kappa shape index (κ3) is 3.70. The second kappa shape index (κ2) is 5.90. The van der Waals surface area contributed by atoms with Gasteiger partial charge in [-0.1, -0.05) is 51.1 Å². The number of nitrogens with zero attached hydrogens (tertiary/aromatic N) is 2. The zero-order valence-electron chi connectivity index (χ0n) is 12.5. The molecule has 0 bridgehead atoms. The molecular formula is C16H21N3O. The molecule has 0 saturated heterocycles. The van der Waals surface area contributed by atoms with Crippen LogP contribution >= 0.6 is 0 Å². The van der Waals surface area contributed by atoms with Gasteiger partial charge in [-0.2, -0.15) is 4.98 Å². The first-order chi connectivity index (χ1) is 9.49. The quantitative estimate of drug-likeness (QED) is 0.926. The summed E-state index contributed by atoms with van der Waals surface area (Å²) in [6.45, 7) is 6.76. The van der Waals surface area contributed by atoms with Crippen LogP contribution in [0.15, 0.2) is 36.4 Å². The van der Waals surface area contributed by atoms with E-state index >= 15 is 0 Å². The molecule has 4 nitrogen and oxygen atoms in total. The predicted octanol–water partition coefficient (Wildman–Crippen LogP) is 3.39. The standard InChI is InChI=1S/C16H21N3O/c1-16(2,3)15-18-13(17-4)10-14(19-15)20-11-12-8-6-5-7-9-12/h5-10H,11H2,1-4H3,(H,17,18,19). The van der Waals surface area contributed by atoms with Crippen molar-refractivity contribution in [1.82, 2.24) is 9.97 Å². The summed E-state index contributed by atoms with van der Waals surface area (Å²) in [6, 6.07) is 11.9. The molecule has 0 aliphatic carbocycles. The molecule has 1 aromatic carbocycles. The molecule has 0 aliphatic rings. The van der Waals surface area contributed by atoms with Crippen molar-refractivity contribution < 1.29 is 4.74 Å². The largest absolute Gasteiger partial charge is 0.473 e. The fraction of sp³-hybridized carbons (Fsp3) is 0.375. The molecule has 0 spiro atoms. The summed E-state index contributed by atoms with van der Waals surface area (Å²) in [5, 5.41) is 3.05. The molecular weight excluding hydrogens is 250 g/mol. The molecule has 2 aromatic rings. The normalized spacial score (nSPS) is 11.2. The highest BCUT2D eigenvalue weighted by atomic mass is 16.5. The number of ether oxygens (including phenoxy) is 1. The van der Waals surface area contributed by atoms with Gasteiger partial charge in [-0.3, -0.25) is 0 Å². The van der Waals surface area contributed by atoms with E-state index in [-0.39, 0.29) is 5.41 Å². The Labute approximate surface area is 120 Å². The molecule has 1 aromatic heterocycles. The van der Waals surface area contributed by atoms with E-state index < -0.39 is 0 Å². The Morgan fingerprint density at radius 1 is 1.10 bits per heavy atom. The minimum Gasteiger partial charge on any atom is -0.473 e. The van der Waals surface area contributed by atoms with Crippen LogP contribution in [0.4, 0.5) is 5.82 Å². The Morgan fingerprint density at radius 3 is 2.40 bits per heavy atom. The molecule has 0 fully saturated rings. The topological polar surface area (TPSA) is 47.0 Å². The molecule has 0 aliphatic heterocycles. The van der Waals surface area contributed by atoms with Crippen molar-refractivity contribution in [3.63, 3.8) is 0 Å². The highest BCUT2D eigenvalue weighted by molar-refractivity contribution is 5.38. The fourth-order valence-electron chi connectivity index (χ4n) is 1.69. The van der Waals surface area contributed by atoms with Gasteiger partial charge in [0.1, 0.15) is 18.2 Å². The third-order valence-electron chi connectivity index (χ3n) is 2.86. The van der Waals surface area contributed by atoms with E-state index in [1.54, 1.807) is 0 Å². The Morgan fingerprint density at radius 2 is 1.80 bits per heavy atom. The molecule has 1 heterocycles. The second-order valence-electron chi connectivity index (χ2n) is 5.69. The zero-order valence-corrected chi connectivity index (χ0v) is 12.5. The van der Waals surface area contributed by atoms with Gasteiger partial charge in [-0.25, -0.2) is 4.98 Å². The number of benzene rings is 1. The molecule has 4 heteroatoms. The van der Waals surface area contributed by atoms with Gasteiger partial charge >= 0.3 is 0 Å². The lowest BCUT2D eigenvalue weighted by Crippen LogP contribution is -2.17. The highest BCUT2D eigenvalue weighted by Gasteiger charge is 2.19. The van der Waals surface area contributed by atoms with Crippen LogP contribution in [0.2, 0.25) is 0 Å². The maximum absolute atomic E-state index is 5.78. The van der Waals surface area contributed by atoms with Crippen molar-refractivity contribution in [3.05, 3.63) is 47.8 Å². The lowest BCUT2D eigenvalue weighted by molar-refractivity contribution is 0.290. The summed E-state index contributed by atoms with van der Waals surface area (Å²) in [6.07, 6.45) is 0. The average Bonchev–Trinajstić information content (AvgIpc) is 2.45. The lowest BCUT2D eigenvalue weighted by Gasteiger charge is -2.18. The van der Waals surface area contributed by atoms with Crippen LogP contribution in [0.3, 0.4) is 0 Å². The van der Waals surface area contributed by atoms with Crippen LogP contribution in [0.1, 0.15) is 32.2 Å². The summed E-state index contributed by atoms with van der Waals surface area (Å²) in [4.78, 5) is 8.97. The number of rotatable bonds is 4. The van der Waals surface area contributed by atoms with Crippen LogP contribution in [0.5, 0.6) is 5.88 Å². The van der Waals surface area contributed by atoms with Gasteiger partial charge in [0, 0.05) is 18.5 Å². The number of anilines is 1. The number of nitrogens with one attached hydrogen (secondary N) is 1. The second-order valence-corrected chi connectivity index (χ2v) is 5.69. The Balaban J connectivity index is 2.19. The first-order valence-corrected chi connectivity index (χ1v) is 6.73. The van der Waals surface area contributed by atoms with Crippen molar-refractivity contribution in [2.24, 2.45) is 0 Å². The maximum atomic E-state index is 5.78. The summed E-state index contributed by atoms with van der Waals surface area (Å²) in [5.74, 6) is 2.14. The lowest BCUT2D eigenvalue weighted by atomic mass is 9.96. The Hall–Kier alpha value is -2.10. The molecule has 1 N–H and O–H groups in total. The zero-order chi connectivity index (χ0) is 14.6. The minimum atomic E-state index is -0.113. The van der Waals surface area contributed by atoms with Crippen LogP contribution in [0, 0.1) is 0 Å². The molecule has 0 amide bonds. The van der Waals surface area contributed by atoms with Crippen molar-refractivity contribution in [2.75, 3.05) is 12.4 Å². The van der Waals surface area contributed by atoms with Gasteiger partial charge in [0.05, 0.1) is 0 Å². The number of hydrogen-bond acceptors (Lipinski definition) is 4.